The van der Waals surface area contributed by atoms with Crippen LogP contribution in [0.3, 0.4) is 0 Å². The van der Waals surface area contributed by atoms with Crippen molar-refractivity contribution in [3.05, 3.63) is 36.4 Å². The van der Waals surface area contributed by atoms with Crippen molar-refractivity contribution < 1.29 is 8.42 Å². The molecule has 0 spiro atoms. The maximum atomic E-state index is 11.3. The quantitative estimate of drug-likeness (QED) is 0.862. The van der Waals surface area contributed by atoms with Crippen molar-refractivity contribution in [2.45, 2.75) is 4.90 Å². The molecule has 5 nitrogen and oxygen atoms in total. The summed E-state index contributed by atoms with van der Waals surface area (Å²) < 4.78 is 22.6. The first-order valence-electron chi connectivity index (χ1n) is 4.86. The SMILES string of the molecule is CS(=O)(=O)c1ccc(-c2ccc(N)nn2)cc1. The zero-order valence-corrected chi connectivity index (χ0v) is 9.98. The van der Waals surface area contributed by atoms with Gasteiger partial charge >= 0.3 is 0 Å². The fourth-order valence-corrected chi connectivity index (χ4v) is 2.00. The topological polar surface area (TPSA) is 85.9 Å². The van der Waals surface area contributed by atoms with Crippen molar-refractivity contribution in [2.75, 3.05) is 12.0 Å². The predicted octanol–water partition coefficient (Wildman–Crippen LogP) is 1.13. The molecule has 2 rings (SSSR count). The number of aromatic nitrogens is 2. The first-order chi connectivity index (χ1) is 7.97. The standard InChI is InChI=1S/C11H11N3O2S/c1-17(15,16)9-4-2-8(3-5-9)10-6-7-11(12)14-13-10/h2-7H,1H3,(H2,12,14). The van der Waals surface area contributed by atoms with Gasteiger partial charge in [0.25, 0.3) is 0 Å². The molecule has 1 heterocycles. The molecular formula is C11H11N3O2S. The van der Waals surface area contributed by atoms with Crippen molar-refractivity contribution >= 4 is 15.7 Å². The number of rotatable bonds is 2. The van der Waals surface area contributed by atoms with Crippen LogP contribution in [0.25, 0.3) is 11.3 Å². The Labute approximate surface area is 99.2 Å². The summed E-state index contributed by atoms with van der Waals surface area (Å²) >= 11 is 0. The summed E-state index contributed by atoms with van der Waals surface area (Å²) in [6.07, 6.45) is 1.17. The van der Waals surface area contributed by atoms with E-state index in [4.69, 9.17) is 5.73 Å². The highest BCUT2D eigenvalue weighted by Gasteiger charge is 2.07. The van der Waals surface area contributed by atoms with Crippen LogP contribution < -0.4 is 5.73 Å². The van der Waals surface area contributed by atoms with E-state index in [2.05, 4.69) is 10.2 Å². The summed E-state index contributed by atoms with van der Waals surface area (Å²) in [5, 5.41) is 7.65. The molecule has 0 amide bonds. The second-order valence-corrected chi connectivity index (χ2v) is 5.66. The lowest BCUT2D eigenvalue weighted by Gasteiger charge is -2.02. The van der Waals surface area contributed by atoms with Gasteiger partial charge in [0.1, 0.15) is 5.82 Å². The van der Waals surface area contributed by atoms with Gasteiger partial charge in [-0.15, -0.1) is 10.2 Å². The molecule has 0 saturated heterocycles. The molecule has 88 valence electrons. The molecular weight excluding hydrogens is 238 g/mol. The number of hydrogen-bond donors (Lipinski definition) is 1. The van der Waals surface area contributed by atoms with Crippen LogP contribution >= 0.6 is 0 Å². The Morgan fingerprint density at radius 3 is 2.12 bits per heavy atom. The lowest BCUT2D eigenvalue weighted by Crippen LogP contribution is -1.97. The Hall–Kier alpha value is -1.95. The van der Waals surface area contributed by atoms with Gasteiger partial charge in [0, 0.05) is 11.8 Å². The molecule has 0 aliphatic heterocycles. The highest BCUT2D eigenvalue weighted by molar-refractivity contribution is 7.90. The van der Waals surface area contributed by atoms with Crippen LogP contribution in [0.5, 0.6) is 0 Å². The Morgan fingerprint density at radius 2 is 1.65 bits per heavy atom. The van der Waals surface area contributed by atoms with E-state index < -0.39 is 9.84 Å². The molecule has 0 fully saturated rings. The van der Waals surface area contributed by atoms with E-state index in [1.54, 1.807) is 36.4 Å². The third kappa shape index (κ3) is 2.59. The molecule has 0 bridgehead atoms. The summed E-state index contributed by atoms with van der Waals surface area (Å²) in [5.41, 5.74) is 6.88. The average Bonchev–Trinajstić information content (AvgIpc) is 2.29. The zero-order valence-electron chi connectivity index (χ0n) is 9.16. The van der Waals surface area contributed by atoms with Gasteiger partial charge in [0.15, 0.2) is 9.84 Å². The van der Waals surface area contributed by atoms with E-state index >= 15 is 0 Å². The molecule has 6 heteroatoms. The number of nitrogens with two attached hydrogens (primary N) is 1. The van der Waals surface area contributed by atoms with Crippen LogP contribution in [0.15, 0.2) is 41.3 Å². The van der Waals surface area contributed by atoms with Crippen LogP contribution in [-0.2, 0) is 9.84 Å². The van der Waals surface area contributed by atoms with Crippen molar-refractivity contribution in [3.63, 3.8) is 0 Å². The Balaban J connectivity index is 2.39. The third-order valence-corrected chi connectivity index (χ3v) is 3.39. The van der Waals surface area contributed by atoms with Crippen LogP contribution in [0.1, 0.15) is 0 Å². The highest BCUT2D eigenvalue weighted by atomic mass is 32.2. The van der Waals surface area contributed by atoms with Gasteiger partial charge in [-0.25, -0.2) is 8.42 Å². The molecule has 0 saturated carbocycles. The Bertz CT molecular complexity index is 619. The second kappa shape index (κ2) is 4.14. The Kier molecular flexibility index (Phi) is 2.81. The van der Waals surface area contributed by atoms with Crippen LogP contribution in [0.2, 0.25) is 0 Å². The molecule has 0 unspecified atom stereocenters. The van der Waals surface area contributed by atoms with Gasteiger partial charge < -0.3 is 5.73 Å². The summed E-state index contributed by atoms with van der Waals surface area (Å²) in [6, 6.07) is 9.85. The molecule has 0 radical (unpaired) electrons. The van der Waals surface area contributed by atoms with Crippen LogP contribution in [-0.4, -0.2) is 24.9 Å². The number of hydrogen-bond acceptors (Lipinski definition) is 5. The lowest BCUT2D eigenvalue weighted by atomic mass is 10.1. The van der Waals surface area contributed by atoms with Gasteiger partial charge in [-0.05, 0) is 24.3 Å². The number of nitrogens with zero attached hydrogens (tertiary/aromatic N) is 2. The monoisotopic (exact) mass is 249 g/mol. The molecule has 0 aliphatic carbocycles. The van der Waals surface area contributed by atoms with E-state index in [9.17, 15) is 8.42 Å². The minimum Gasteiger partial charge on any atom is -0.382 e. The Morgan fingerprint density at radius 1 is 1.00 bits per heavy atom. The fraction of sp³-hybridized carbons (Fsp3) is 0.0909. The molecule has 0 atom stereocenters. The molecule has 2 N–H and O–H groups in total. The molecule has 1 aromatic heterocycles. The van der Waals surface area contributed by atoms with E-state index in [0.29, 0.717) is 11.5 Å². The number of sulfone groups is 1. The third-order valence-electron chi connectivity index (χ3n) is 2.26. The second-order valence-electron chi connectivity index (χ2n) is 3.64. The van der Waals surface area contributed by atoms with Gasteiger partial charge in [0.05, 0.1) is 10.6 Å². The molecule has 2 aromatic rings. The van der Waals surface area contributed by atoms with E-state index in [0.717, 1.165) is 5.56 Å². The molecule has 17 heavy (non-hydrogen) atoms. The van der Waals surface area contributed by atoms with E-state index in [1.807, 2.05) is 0 Å². The number of nitrogen functional groups attached to an aromatic ring is 1. The minimum atomic E-state index is -3.16. The van der Waals surface area contributed by atoms with Gasteiger partial charge in [-0.2, -0.15) is 0 Å². The highest BCUT2D eigenvalue weighted by Crippen LogP contribution is 2.19. The van der Waals surface area contributed by atoms with Crippen LogP contribution in [0.4, 0.5) is 5.82 Å². The normalized spacial score (nSPS) is 11.4. The van der Waals surface area contributed by atoms with E-state index in [1.165, 1.54) is 6.26 Å². The van der Waals surface area contributed by atoms with Crippen molar-refractivity contribution in [1.29, 1.82) is 0 Å². The van der Waals surface area contributed by atoms with Gasteiger partial charge in [-0.3, -0.25) is 0 Å². The molecule has 0 aliphatic rings. The maximum Gasteiger partial charge on any atom is 0.175 e. The summed E-state index contributed by atoms with van der Waals surface area (Å²) in [6.45, 7) is 0. The molecule has 1 aromatic carbocycles. The summed E-state index contributed by atoms with van der Waals surface area (Å²) in [5.74, 6) is 0.349. The maximum absolute atomic E-state index is 11.3. The van der Waals surface area contributed by atoms with Crippen molar-refractivity contribution in [1.82, 2.24) is 10.2 Å². The smallest absolute Gasteiger partial charge is 0.175 e. The first-order valence-corrected chi connectivity index (χ1v) is 6.76. The summed E-state index contributed by atoms with van der Waals surface area (Å²) in [4.78, 5) is 0.282. The van der Waals surface area contributed by atoms with E-state index in [-0.39, 0.29) is 4.90 Å². The van der Waals surface area contributed by atoms with Gasteiger partial charge in [0.2, 0.25) is 0 Å². The largest absolute Gasteiger partial charge is 0.382 e. The lowest BCUT2D eigenvalue weighted by molar-refractivity contribution is 0.602. The first kappa shape index (κ1) is 11.5. The minimum absolute atomic E-state index is 0.282. The zero-order chi connectivity index (χ0) is 12.5. The number of benzene rings is 1. The average molecular weight is 249 g/mol. The summed E-state index contributed by atoms with van der Waals surface area (Å²) in [7, 11) is -3.16. The van der Waals surface area contributed by atoms with Gasteiger partial charge in [-0.1, -0.05) is 12.1 Å². The van der Waals surface area contributed by atoms with Crippen molar-refractivity contribution in [3.8, 4) is 11.3 Å². The fourth-order valence-electron chi connectivity index (χ4n) is 1.37. The predicted molar refractivity (Wildman–Crippen MR) is 65.0 cm³/mol. The number of anilines is 1. The van der Waals surface area contributed by atoms with Crippen LogP contribution in [0, 0.1) is 0 Å². The van der Waals surface area contributed by atoms with Crippen molar-refractivity contribution in [2.24, 2.45) is 0 Å².